The average Bonchev–Trinajstić information content (AvgIpc) is 2.77. The SMILES string of the molecule is CCCn1nccc1C1CCN(CC(C)(C)N)CC1. The predicted molar refractivity (Wildman–Crippen MR) is 79.2 cm³/mol. The van der Waals surface area contributed by atoms with Crippen molar-refractivity contribution in [2.45, 2.75) is 58.0 Å². The number of likely N-dealkylation sites (tertiary alicyclic amines) is 1. The van der Waals surface area contributed by atoms with Crippen molar-refractivity contribution in [1.82, 2.24) is 14.7 Å². The van der Waals surface area contributed by atoms with Gasteiger partial charge in [0.15, 0.2) is 0 Å². The molecule has 19 heavy (non-hydrogen) atoms. The second-order valence-electron chi connectivity index (χ2n) is 6.52. The average molecular weight is 264 g/mol. The van der Waals surface area contributed by atoms with E-state index in [0.717, 1.165) is 32.6 Å². The minimum absolute atomic E-state index is 0.0865. The third kappa shape index (κ3) is 4.05. The van der Waals surface area contributed by atoms with E-state index in [4.69, 9.17) is 5.73 Å². The van der Waals surface area contributed by atoms with Gasteiger partial charge in [-0.15, -0.1) is 0 Å². The molecule has 1 aromatic heterocycles. The predicted octanol–water partition coefficient (Wildman–Crippen LogP) is 2.21. The summed E-state index contributed by atoms with van der Waals surface area (Å²) in [4.78, 5) is 2.50. The maximum absolute atomic E-state index is 6.10. The van der Waals surface area contributed by atoms with Gasteiger partial charge in [0.2, 0.25) is 0 Å². The fraction of sp³-hybridized carbons (Fsp3) is 0.800. The van der Waals surface area contributed by atoms with Crippen LogP contribution in [0.3, 0.4) is 0 Å². The molecule has 0 amide bonds. The normalized spacial score (nSPS) is 18.9. The van der Waals surface area contributed by atoms with Gasteiger partial charge in [0, 0.05) is 36.4 Å². The summed E-state index contributed by atoms with van der Waals surface area (Å²) in [7, 11) is 0. The van der Waals surface area contributed by atoms with Crippen LogP contribution in [-0.2, 0) is 6.54 Å². The lowest BCUT2D eigenvalue weighted by atomic mass is 9.92. The lowest BCUT2D eigenvalue weighted by Gasteiger charge is -2.35. The summed E-state index contributed by atoms with van der Waals surface area (Å²) in [6.07, 6.45) is 5.55. The van der Waals surface area contributed by atoms with Gasteiger partial charge in [0.25, 0.3) is 0 Å². The lowest BCUT2D eigenvalue weighted by molar-refractivity contribution is 0.177. The van der Waals surface area contributed by atoms with Gasteiger partial charge >= 0.3 is 0 Å². The van der Waals surface area contributed by atoms with Crippen LogP contribution in [0, 0.1) is 0 Å². The number of aromatic nitrogens is 2. The molecular weight excluding hydrogens is 236 g/mol. The van der Waals surface area contributed by atoms with E-state index in [1.807, 2.05) is 6.20 Å². The van der Waals surface area contributed by atoms with Gasteiger partial charge < -0.3 is 10.6 Å². The van der Waals surface area contributed by atoms with E-state index >= 15 is 0 Å². The first kappa shape index (κ1) is 14.5. The van der Waals surface area contributed by atoms with Crippen molar-refractivity contribution in [2.24, 2.45) is 5.73 Å². The molecule has 0 aromatic carbocycles. The quantitative estimate of drug-likeness (QED) is 0.887. The summed E-state index contributed by atoms with van der Waals surface area (Å²) >= 11 is 0. The molecule has 0 radical (unpaired) electrons. The van der Waals surface area contributed by atoms with E-state index in [-0.39, 0.29) is 5.54 Å². The fourth-order valence-corrected chi connectivity index (χ4v) is 3.05. The van der Waals surface area contributed by atoms with E-state index in [9.17, 15) is 0 Å². The molecular formula is C15H28N4. The van der Waals surface area contributed by atoms with Crippen molar-refractivity contribution in [3.8, 4) is 0 Å². The second-order valence-corrected chi connectivity index (χ2v) is 6.52. The molecule has 1 fully saturated rings. The number of hydrogen-bond acceptors (Lipinski definition) is 3. The van der Waals surface area contributed by atoms with Crippen LogP contribution in [0.1, 0.15) is 51.6 Å². The zero-order chi connectivity index (χ0) is 13.9. The molecule has 2 rings (SSSR count). The first-order valence-corrected chi connectivity index (χ1v) is 7.52. The number of hydrogen-bond donors (Lipinski definition) is 1. The first-order valence-electron chi connectivity index (χ1n) is 7.52. The Bertz CT molecular complexity index is 383. The van der Waals surface area contributed by atoms with Crippen LogP contribution in [0.4, 0.5) is 0 Å². The number of nitrogens with zero attached hydrogens (tertiary/aromatic N) is 3. The van der Waals surface area contributed by atoms with Gasteiger partial charge in [-0.1, -0.05) is 6.92 Å². The summed E-state index contributed by atoms with van der Waals surface area (Å²) < 4.78 is 2.19. The van der Waals surface area contributed by atoms with Gasteiger partial charge in [-0.3, -0.25) is 4.68 Å². The molecule has 0 bridgehead atoms. The largest absolute Gasteiger partial charge is 0.324 e. The molecule has 0 atom stereocenters. The Labute approximate surface area is 117 Å². The molecule has 1 aromatic rings. The summed E-state index contributed by atoms with van der Waals surface area (Å²) in [5, 5.41) is 4.44. The summed E-state index contributed by atoms with van der Waals surface area (Å²) in [5.41, 5.74) is 7.44. The smallest absolute Gasteiger partial charge is 0.0492 e. The van der Waals surface area contributed by atoms with Crippen molar-refractivity contribution < 1.29 is 0 Å². The van der Waals surface area contributed by atoms with Gasteiger partial charge in [0.05, 0.1) is 0 Å². The summed E-state index contributed by atoms with van der Waals surface area (Å²) in [5.74, 6) is 0.672. The minimum atomic E-state index is -0.0865. The van der Waals surface area contributed by atoms with Crippen LogP contribution in [0.5, 0.6) is 0 Å². The molecule has 2 heterocycles. The minimum Gasteiger partial charge on any atom is -0.324 e. The Kier molecular flexibility index (Phi) is 4.63. The first-order chi connectivity index (χ1) is 8.99. The third-order valence-corrected chi connectivity index (χ3v) is 3.82. The second kappa shape index (κ2) is 6.06. The van der Waals surface area contributed by atoms with E-state index in [0.29, 0.717) is 5.92 Å². The molecule has 1 aliphatic heterocycles. The van der Waals surface area contributed by atoms with Gasteiger partial charge in [-0.2, -0.15) is 5.10 Å². The molecule has 0 spiro atoms. The van der Waals surface area contributed by atoms with E-state index < -0.39 is 0 Å². The van der Waals surface area contributed by atoms with Crippen LogP contribution >= 0.6 is 0 Å². The van der Waals surface area contributed by atoms with Crippen molar-refractivity contribution in [3.63, 3.8) is 0 Å². The highest BCUT2D eigenvalue weighted by molar-refractivity contribution is 5.09. The lowest BCUT2D eigenvalue weighted by Crippen LogP contribution is -2.47. The number of nitrogens with two attached hydrogens (primary N) is 1. The number of piperidine rings is 1. The Morgan fingerprint density at radius 2 is 2.05 bits per heavy atom. The van der Waals surface area contributed by atoms with Crippen LogP contribution in [0.2, 0.25) is 0 Å². The topological polar surface area (TPSA) is 47.1 Å². The number of aryl methyl sites for hydroxylation is 1. The maximum atomic E-state index is 6.10. The zero-order valence-electron chi connectivity index (χ0n) is 12.6. The fourth-order valence-electron chi connectivity index (χ4n) is 3.05. The van der Waals surface area contributed by atoms with Crippen LogP contribution in [0.15, 0.2) is 12.3 Å². The van der Waals surface area contributed by atoms with Gasteiger partial charge in [0.1, 0.15) is 0 Å². The number of rotatable bonds is 5. The molecule has 0 unspecified atom stereocenters. The maximum Gasteiger partial charge on any atom is 0.0492 e. The molecule has 108 valence electrons. The molecule has 0 aliphatic carbocycles. The van der Waals surface area contributed by atoms with Gasteiger partial charge in [-0.25, -0.2) is 0 Å². The Morgan fingerprint density at radius 3 is 2.63 bits per heavy atom. The summed E-state index contributed by atoms with van der Waals surface area (Å²) in [6.45, 7) is 10.8. The highest BCUT2D eigenvalue weighted by Gasteiger charge is 2.25. The van der Waals surface area contributed by atoms with Crippen molar-refractivity contribution in [3.05, 3.63) is 18.0 Å². The molecule has 1 aliphatic rings. The van der Waals surface area contributed by atoms with Crippen molar-refractivity contribution in [2.75, 3.05) is 19.6 Å². The third-order valence-electron chi connectivity index (χ3n) is 3.82. The molecule has 0 saturated carbocycles. The van der Waals surface area contributed by atoms with Crippen LogP contribution in [-0.4, -0.2) is 39.9 Å². The molecule has 2 N–H and O–H groups in total. The zero-order valence-corrected chi connectivity index (χ0v) is 12.6. The van der Waals surface area contributed by atoms with E-state index in [2.05, 4.69) is 41.5 Å². The van der Waals surface area contributed by atoms with Crippen molar-refractivity contribution >= 4 is 0 Å². The molecule has 1 saturated heterocycles. The van der Waals surface area contributed by atoms with E-state index in [1.54, 1.807) is 0 Å². The highest BCUT2D eigenvalue weighted by Crippen LogP contribution is 2.28. The van der Waals surface area contributed by atoms with Crippen molar-refractivity contribution in [1.29, 1.82) is 0 Å². The molecule has 4 nitrogen and oxygen atoms in total. The summed E-state index contributed by atoms with van der Waals surface area (Å²) in [6, 6.07) is 2.20. The van der Waals surface area contributed by atoms with Gasteiger partial charge in [-0.05, 0) is 52.3 Å². The Hall–Kier alpha value is -0.870. The van der Waals surface area contributed by atoms with Crippen LogP contribution < -0.4 is 5.73 Å². The molecule has 4 heteroatoms. The Balaban J connectivity index is 1.91. The highest BCUT2D eigenvalue weighted by atomic mass is 15.3. The standard InChI is InChI=1S/C15H28N4/c1-4-9-19-14(5-8-17-19)13-6-10-18(11-7-13)12-15(2,3)16/h5,8,13H,4,6-7,9-12,16H2,1-3H3. The van der Waals surface area contributed by atoms with E-state index in [1.165, 1.54) is 18.5 Å². The Morgan fingerprint density at radius 1 is 1.37 bits per heavy atom. The van der Waals surface area contributed by atoms with Crippen LogP contribution in [0.25, 0.3) is 0 Å². The monoisotopic (exact) mass is 264 g/mol.